The lowest BCUT2D eigenvalue weighted by Gasteiger charge is -2.30. The van der Waals surface area contributed by atoms with Gasteiger partial charge in [-0.25, -0.2) is 0 Å². The zero-order valence-electron chi connectivity index (χ0n) is 11.6. The normalized spacial score (nSPS) is 22.8. The Morgan fingerprint density at radius 2 is 2.26 bits per heavy atom. The fourth-order valence-corrected chi connectivity index (χ4v) is 2.42. The Bertz CT molecular complexity index is 434. The van der Waals surface area contributed by atoms with E-state index in [2.05, 4.69) is 17.6 Å². The molecule has 1 aromatic rings. The van der Waals surface area contributed by atoms with E-state index in [4.69, 9.17) is 4.74 Å². The monoisotopic (exact) mass is 262 g/mol. The van der Waals surface area contributed by atoms with Crippen LogP contribution >= 0.6 is 0 Å². The van der Waals surface area contributed by atoms with Crippen molar-refractivity contribution in [2.24, 2.45) is 0 Å². The number of hydrogen-bond donors (Lipinski definition) is 2. The standard InChI is InChI=1S/C15H22N2O2/c1-3-19-14-9-5-4-7-12(14)15(18)17-13-8-6-10-16-11(13)2/h4-5,7,9,11,13,16H,3,6,8,10H2,1-2H3,(H,17,18)/t11-,13-/m0/s1. The van der Waals surface area contributed by atoms with Crippen molar-refractivity contribution < 1.29 is 9.53 Å². The Hall–Kier alpha value is -1.55. The molecular formula is C15H22N2O2. The number of piperidine rings is 1. The molecule has 0 aliphatic carbocycles. The second kappa shape index (κ2) is 6.57. The molecule has 1 fully saturated rings. The average Bonchev–Trinajstić information content (AvgIpc) is 2.42. The molecule has 0 unspecified atom stereocenters. The summed E-state index contributed by atoms with van der Waals surface area (Å²) in [5.74, 6) is 0.600. The lowest BCUT2D eigenvalue weighted by molar-refractivity contribution is 0.0916. The molecule has 0 spiro atoms. The second-order valence-corrected chi connectivity index (χ2v) is 4.89. The summed E-state index contributed by atoms with van der Waals surface area (Å²) in [6.07, 6.45) is 2.12. The van der Waals surface area contributed by atoms with Crippen LogP contribution in [0, 0.1) is 0 Å². The van der Waals surface area contributed by atoms with Gasteiger partial charge >= 0.3 is 0 Å². The summed E-state index contributed by atoms with van der Waals surface area (Å²) in [7, 11) is 0. The number of rotatable bonds is 4. The number of benzene rings is 1. The molecule has 104 valence electrons. The molecule has 4 heteroatoms. The van der Waals surface area contributed by atoms with Crippen molar-refractivity contribution in [3.05, 3.63) is 29.8 Å². The Balaban J connectivity index is 2.06. The van der Waals surface area contributed by atoms with Crippen molar-refractivity contribution in [3.8, 4) is 5.75 Å². The van der Waals surface area contributed by atoms with Crippen LogP contribution in [0.15, 0.2) is 24.3 Å². The first-order valence-electron chi connectivity index (χ1n) is 6.98. The van der Waals surface area contributed by atoms with E-state index < -0.39 is 0 Å². The zero-order valence-corrected chi connectivity index (χ0v) is 11.6. The first-order valence-corrected chi connectivity index (χ1v) is 6.98. The topological polar surface area (TPSA) is 50.4 Å². The summed E-state index contributed by atoms with van der Waals surface area (Å²) in [5.41, 5.74) is 0.613. The lowest BCUT2D eigenvalue weighted by atomic mass is 9.99. The first kappa shape index (κ1) is 13.9. The van der Waals surface area contributed by atoms with Gasteiger partial charge in [0.25, 0.3) is 5.91 Å². The molecule has 4 nitrogen and oxygen atoms in total. The maximum absolute atomic E-state index is 12.3. The van der Waals surface area contributed by atoms with Crippen LogP contribution in [0.25, 0.3) is 0 Å². The predicted octanol–water partition coefficient (Wildman–Crippen LogP) is 1.96. The van der Waals surface area contributed by atoms with Crippen molar-refractivity contribution >= 4 is 5.91 Å². The third-order valence-electron chi connectivity index (χ3n) is 3.51. The van der Waals surface area contributed by atoms with Gasteiger partial charge in [-0.3, -0.25) is 4.79 Å². The highest BCUT2D eigenvalue weighted by Crippen LogP contribution is 2.18. The van der Waals surface area contributed by atoms with Crippen LogP contribution in [0.2, 0.25) is 0 Å². The van der Waals surface area contributed by atoms with Crippen molar-refractivity contribution in [1.82, 2.24) is 10.6 Å². The van der Waals surface area contributed by atoms with Gasteiger partial charge in [0.1, 0.15) is 5.75 Å². The smallest absolute Gasteiger partial charge is 0.255 e. The van der Waals surface area contributed by atoms with Gasteiger partial charge in [0.15, 0.2) is 0 Å². The van der Waals surface area contributed by atoms with E-state index in [0.717, 1.165) is 19.4 Å². The van der Waals surface area contributed by atoms with Gasteiger partial charge in [0, 0.05) is 12.1 Å². The summed E-state index contributed by atoms with van der Waals surface area (Å²) >= 11 is 0. The molecule has 2 rings (SSSR count). The van der Waals surface area contributed by atoms with E-state index in [1.54, 1.807) is 6.07 Å². The molecule has 2 N–H and O–H groups in total. The molecule has 1 aromatic carbocycles. The molecule has 1 saturated heterocycles. The van der Waals surface area contributed by atoms with Crippen molar-refractivity contribution in [2.75, 3.05) is 13.2 Å². The number of carbonyl (C=O) groups excluding carboxylic acids is 1. The zero-order chi connectivity index (χ0) is 13.7. The van der Waals surface area contributed by atoms with Crippen LogP contribution in [0.4, 0.5) is 0 Å². The quantitative estimate of drug-likeness (QED) is 0.872. The summed E-state index contributed by atoms with van der Waals surface area (Å²) in [5, 5.41) is 6.48. The predicted molar refractivity (Wildman–Crippen MR) is 75.6 cm³/mol. The Kier molecular flexibility index (Phi) is 4.80. The summed E-state index contributed by atoms with van der Waals surface area (Å²) in [6, 6.07) is 7.89. The minimum Gasteiger partial charge on any atom is -0.493 e. The fourth-order valence-electron chi connectivity index (χ4n) is 2.42. The van der Waals surface area contributed by atoms with E-state index >= 15 is 0 Å². The van der Waals surface area contributed by atoms with Gasteiger partial charge in [0.2, 0.25) is 0 Å². The molecule has 0 radical (unpaired) electrons. The number of ether oxygens (including phenoxy) is 1. The molecule has 0 bridgehead atoms. The van der Waals surface area contributed by atoms with E-state index in [-0.39, 0.29) is 11.9 Å². The summed E-state index contributed by atoms with van der Waals surface area (Å²) in [4.78, 5) is 12.3. The lowest BCUT2D eigenvalue weighted by Crippen LogP contribution is -2.51. The Labute approximate surface area is 114 Å². The van der Waals surface area contributed by atoms with Crippen LogP contribution in [-0.4, -0.2) is 31.1 Å². The average molecular weight is 262 g/mol. The molecule has 1 aliphatic rings. The molecule has 1 heterocycles. The van der Waals surface area contributed by atoms with Crippen molar-refractivity contribution in [3.63, 3.8) is 0 Å². The van der Waals surface area contributed by atoms with Crippen molar-refractivity contribution in [2.45, 2.75) is 38.8 Å². The third kappa shape index (κ3) is 3.47. The molecule has 1 aliphatic heterocycles. The van der Waals surface area contributed by atoms with Gasteiger partial charge in [-0.1, -0.05) is 12.1 Å². The van der Waals surface area contributed by atoms with Crippen LogP contribution in [-0.2, 0) is 0 Å². The van der Waals surface area contributed by atoms with Crippen LogP contribution in [0.3, 0.4) is 0 Å². The maximum Gasteiger partial charge on any atom is 0.255 e. The highest BCUT2D eigenvalue weighted by atomic mass is 16.5. The van der Waals surface area contributed by atoms with E-state index in [9.17, 15) is 4.79 Å². The van der Waals surface area contributed by atoms with Crippen LogP contribution in [0.5, 0.6) is 5.75 Å². The number of nitrogens with one attached hydrogen (secondary N) is 2. The molecule has 19 heavy (non-hydrogen) atoms. The third-order valence-corrected chi connectivity index (χ3v) is 3.51. The minimum absolute atomic E-state index is 0.0513. The molecular weight excluding hydrogens is 240 g/mol. The number of para-hydroxylation sites is 1. The Morgan fingerprint density at radius 1 is 1.47 bits per heavy atom. The molecule has 0 saturated carbocycles. The van der Waals surface area contributed by atoms with E-state index in [1.165, 1.54) is 0 Å². The minimum atomic E-state index is -0.0513. The Morgan fingerprint density at radius 3 is 3.00 bits per heavy atom. The highest BCUT2D eigenvalue weighted by Gasteiger charge is 2.23. The maximum atomic E-state index is 12.3. The second-order valence-electron chi connectivity index (χ2n) is 4.89. The van der Waals surface area contributed by atoms with Gasteiger partial charge in [0.05, 0.1) is 12.2 Å². The van der Waals surface area contributed by atoms with Crippen LogP contribution in [0.1, 0.15) is 37.0 Å². The highest BCUT2D eigenvalue weighted by molar-refractivity contribution is 5.97. The largest absolute Gasteiger partial charge is 0.493 e. The van der Waals surface area contributed by atoms with Crippen LogP contribution < -0.4 is 15.4 Å². The van der Waals surface area contributed by atoms with E-state index in [0.29, 0.717) is 24.0 Å². The number of carbonyl (C=O) groups is 1. The molecule has 1 amide bonds. The SMILES string of the molecule is CCOc1ccccc1C(=O)N[C@H]1CCCN[C@H]1C. The van der Waals surface area contributed by atoms with E-state index in [1.807, 2.05) is 25.1 Å². The van der Waals surface area contributed by atoms with Gasteiger partial charge in [-0.2, -0.15) is 0 Å². The molecule has 0 aromatic heterocycles. The molecule has 2 atom stereocenters. The summed E-state index contributed by atoms with van der Waals surface area (Å²) in [6.45, 7) is 5.62. The van der Waals surface area contributed by atoms with Crippen molar-refractivity contribution in [1.29, 1.82) is 0 Å². The van der Waals surface area contributed by atoms with Gasteiger partial charge < -0.3 is 15.4 Å². The van der Waals surface area contributed by atoms with Gasteiger partial charge in [-0.15, -0.1) is 0 Å². The summed E-state index contributed by atoms with van der Waals surface area (Å²) < 4.78 is 5.50. The number of amides is 1. The van der Waals surface area contributed by atoms with Gasteiger partial charge in [-0.05, 0) is 45.4 Å². The fraction of sp³-hybridized carbons (Fsp3) is 0.533. The number of hydrogen-bond acceptors (Lipinski definition) is 3. The first-order chi connectivity index (χ1) is 9.22.